The molecule has 0 unspecified atom stereocenters. The first kappa shape index (κ1) is 16.7. The molecule has 0 radical (unpaired) electrons. The van der Waals surface area contributed by atoms with Crippen molar-refractivity contribution in [1.82, 2.24) is 9.97 Å². The van der Waals surface area contributed by atoms with Crippen LogP contribution in [0.15, 0.2) is 54.6 Å². The maximum Gasteiger partial charge on any atom is 0.139 e. The molecule has 0 aliphatic carbocycles. The monoisotopic (exact) mass is 363 g/mol. The Bertz CT molecular complexity index is 1060. The summed E-state index contributed by atoms with van der Waals surface area (Å²) in [5.41, 5.74) is 3.23. The Morgan fingerprint density at radius 1 is 0.962 bits per heavy atom. The lowest BCUT2D eigenvalue weighted by atomic mass is 10.0. The van der Waals surface area contributed by atoms with Crippen LogP contribution >= 0.6 is 11.3 Å². The van der Waals surface area contributed by atoms with Crippen molar-refractivity contribution in [3.8, 4) is 11.1 Å². The van der Waals surface area contributed by atoms with Gasteiger partial charge in [-0.1, -0.05) is 42.5 Å². The van der Waals surface area contributed by atoms with Crippen LogP contribution in [0.4, 0.5) is 10.2 Å². The van der Waals surface area contributed by atoms with Crippen molar-refractivity contribution < 1.29 is 4.39 Å². The molecule has 0 aliphatic heterocycles. The van der Waals surface area contributed by atoms with Crippen molar-refractivity contribution in [2.24, 2.45) is 0 Å². The maximum absolute atomic E-state index is 13.3. The molecule has 0 saturated carbocycles. The number of halogens is 1. The molecule has 4 rings (SSSR count). The molecule has 4 aromatic rings. The lowest BCUT2D eigenvalue weighted by Gasteiger charge is -2.10. The minimum absolute atomic E-state index is 0.236. The van der Waals surface area contributed by atoms with Gasteiger partial charge in [-0.25, -0.2) is 14.4 Å². The number of hydrogen-bond acceptors (Lipinski definition) is 4. The Morgan fingerprint density at radius 3 is 2.42 bits per heavy atom. The average molecular weight is 363 g/mol. The van der Waals surface area contributed by atoms with E-state index >= 15 is 0 Å². The molecule has 0 fully saturated rings. The molecule has 0 atom stereocenters. The zero-order chi connectivity index (χ0) is 18.1. The summed E-state index contributed by atoms with van der Waals surface area (Å²) >= 11 is 1.64. The first-order chi connectivity index (χ1) is 12.6. The van der Waals surface area contributed by atoms with Crippen LogP contribution in [-0.2, 0) is 6.54 Å². The van der Waals surface area contributed by atoms with Crippen molar-refractivity contribution in [3.63, 3.8) is 0 Å². The largest absolute Gasteiger partial charge is 0.365 e. The molecule has 0 aliphatic rings. The number of nitrogens with one attached hydrogen (secondary N) is 1. The van der Waals surface area contributed by atoms with E-state index in [1.54, 1.807) is 11.3 Å². The van der Waals surface area contributed by atoms with Gasteiger partial charge in [0.25, 0.3) is 0 Å². The molecule has 2 aromatic carbocycles. The molecule has 0 bridgehead atoms. The van der Waals surface area contributed by atoms with Crippen LogP contribution in [-0.4, -0.2) is 9.97 Å². The second kappa shape index (κ2) is 6.84. The van der Waals surface area contributed by atoms with Crippen LogP contribution in [0, 0.1) is 19.7 Å². The van der Waals surface area contributed by atoms with Gasteiger partial charge < -0.3 is 5.32 Å². The lowest BCUT2D eigenvalue weighted by Crippen LogP contribution is -2.03. The fourth-order valence-electron chi connectivity index (χ4n) is 3.09. The third-order valence-electron chi connectivity index (χ3n) is 4.28. The topological polar surface area (TPSA) is 37.8 Å². The van der Waals surface area contributed by atoms with Crippen molar-refractivity contribution in [3.05, 3.63) is 76.7 Å². The van der Waals surface area contributed by atoms with Crippen molar-refractivity contribution >= 4 is 27.4 Å². The van der Waals surface area contributed by atoms with Crippen LogP contribution in [0.1, 0.15) is 16.3 Å². The van der Waals surface area contributed by atoms with Crippen LogP contribution in [0.5, 0.6) is 0 Å². The van der Waals surface area contributed by atoms with Crippen LogP contribution in [0.2, 0.25) is 0 Å². The quantitative estimate of drug-likeness (QED) is 0.503. The highest BCUT2D eigenvalue weighted by molar-refractivity contribution is 7.19. The smallest absolute Gasteiger partial charge is 0.139 e. The summed E-state index contributed by atoms with van der Waals surface area (Å²) in [5.74, 6) is 1.32. The van der Waals surface area contributed by atoms with Crippen molar-refractivity contribution in [2.45, 2.75) is 20.4 Å². The summed E-state index contributed by atoms with van der Waals surface area (Å²) in [4.78, 5) is 11.3. The van der Waals surface area contributed by atoms with E-state index in [1.165, 1.54) is 17.7 Å². The average Bonchev–Trinajstić information content (AvgIpc) is 2.97. The van der Waals surface area contributed by atoms with Crippen molar-refractivity contribution in [1.29, 1.82) is 0 Å². The third-order valence-corrected chi connectivity index (χ3v) is 5.27. The molecule has 2 heterocycles. The van der Waals surface area contributed by atoms with Crippen LogP contribution in [0.3, 0.4) is 0 Å². The number of thiophene rings is 1. The minimum Gasteiger partial charge on any atom is -0.365 e. The summed E-state index contributed by atoms with van der Waals surface area (Å²) < 4.78 is 13.3. The molecule has 5 heteroatoms. The van der Waals surface area contributed by atoms with E-state index in [0.29, 0.717) is 6.54 Å². The van der Waals surface area contributed by atoms with E-state index < -0.39 is 0 Å². The molecular formula is C21H18FN3S. The molecule has 2 aromatic heterocycles. The Labute approximate surface area is 155 Å². The second-order valence-electron chi connectivity index (χ2n) is 6.18. The van der Waals surface area contributed by atoms with Gasteiger partial charge in [0.2, 0.25) is 0 Å². The van der Waals surface area contributed by atoms with Gasteiger partial charge in [0.05, 0.1) is 5.39 Å². The molecule has 1 N–H and O–H groups in total. The fourth-order valence-corrected chi connectivity index (χ4v) is 4.18. The number of aromatic nitrogens is 2. The summed E-state index contributed by atoms with van der Waals surface area (Å²) in [5, 5.41) is 4.46. The Kier molecular flexibility index (Phi) is 4.39. The van der Waals surface area contributed by atoms with Crippen LogP contribution in [0.25, 0.3) is 21.3 Å². The van der Waals surface area contributed by atoms with Gasteiger partial charge in [-0.2, -0.15) is 0 Å². The van der Waals surface area contributed by atoms with E-state index in [1.807, 2.05) is 37.3 Å². The zero-order valence-corrected chi connectivity index (χ0v) is 15.4. The van der Waals surface area contributed by atoms with E-state index in [-0.39, 0.29) is 5.82 Å². The second-order valence-corrected chi connectivity index (χ2v) is 7.38. The van der Waals surface area contributed by atoms with Gasteiger partial charge in [-0.05, 0) is 37.1 Å². The highest BCUT2D eigenvalue weighted by atomic mass is 32.1. The standard InChI is InChI=1S/C21H18FN3S/c1-13-18(16-8-10-17(22)11-9-16)19-20(24-14(2)25-21(19)26-13)23-12-15-6-4-3-5-7-15/h3-11H,12H2,1-2H3,(H,23,24,25). The number of fused-ring (bicyclic) bond motifs is 1. The molecule has 0 spiro atoms. The molecule has 0 saturated heterocycles. The van der Waals surface area contributed by atoms with Gasteiger partial charge in [-0.3, -0.25) is 0 Å². The van der Waals surface area contributed by atoms with Gasteiger partial charge in [-0.15, -0.1) is 11.3 Å². The Balaban J connectivity index is 1.82. The third kappa shape index (κ3) is 3.18. The number of anilines is 1. The van der Waals surface area contributed by atoms with E-state index in [2.05, 4.69) is 34.3 Å². The highest BCUT2D eigenvalue weighted by Crippen LogP contribution is 2.40. The van der Waals surface area contributed by atoms with Gasteiger partial charge >= 0.3 is 0 Å². The summed E-state index contributed by atoms with van der Waals surface area (Å²) in [6.07, 6.45) is 0. The highest BCUT2D eigenvalue weighted by Gasteiger charge is 2.17. The SMILES string of the molecule is Cc1nc(NCc2ccccc2)c2c(-c3ccc(F)cc3)c(C)sc2n1. The molecular weight excluding hydrogens is 345 g/mol. The van der Waals surface area contributed by atoms with Crippen LogP contribution < -0.4 is 5.32 Å². The molecule has 3 nitrogen and oxygen atoms in total. The molecule has 0 amide bonds. The minimum atomic E-state index is -0.236. The maximum atomic E-state index is 13.3. The Hall–Kier alpha value is -2.79. The predicted molar refractivity (Wildman–Crippen MR) is 106 cm³/mol. The summed E-state index contributed by atoms with van der Waals surface area (Å²) in [6.45, 7) is 4.66. The fraction of sp³-hybridized carbons (Fsp3) is 0.143. The van der Waals surface area contributed by atoms with Gasteiger partial charge in [0.15, 0.2) is 0 Å². The normalized spacial score (nSPS) is 11.0. The number of aryl methyl sites for hydroxylation is 2. The lowest BCUT2D eigenvalue weighted by molar-refractivity contribution is 0.628. The first-order valence-corrected chi connectivity index (χ1v) is 9.25. The Morgan fingerprint density at radius 2 is 1.69 bits per heavy atom. The zero-order valence-electron chi connectivity index (χ0n) is 14.6. The van der Waals surface area contributed by atoms with Gasteiger partial charge in [0, 0.05) is 17.0 Å². The van der Waals surface area contributed by atoms with E-state index in [0.717, 1.165) is 37.9 Å². The number of rotatable bonds is 4. The number of nitrogens with zero attached hydrogens (tertiary/aromatic N) is 2. The van der Waals surface area contributed by atoms with E-state index in [9.17, 15) is 4.39 Å². The number of benzene rings is 2. The molecule has 26 heavy (non-hydrogen) atoms. The van der Waals surface area contributed by atoms with E-state index in [4.69, 9.17) is 0 Å². The first-order valence-electron chi connectivity index (χ1n) is 8.43. The van der Waals surface area contributed by atoms with Crippen molar-refractivity contribution in [2.75, 3.05) is 5.32 Å². The number of hydrogen-bond donors (Lipinski definition) is 1. The summed E-state index contributed by atoms with van der Waals surface area (Å²) in [7, 11) is 0. The summed E-state index contributed by atoms with van der Waals surface area (Å²) in [6, 6.07) is 16.8. The van der Waals surface area contributed by atoms with Gasteiger partial charge in [0.1, 0.15) is 22.3 Å². The molecule has 130 valence electrons. The predicted octanol–water partition coefficient (Wildman–Crippen LogP) is 5.73.